The minimum absolute atomic E-state index is 0.00509. The average molecular weight is 243 g/mol. The van der Waals surface area contributed by atoms with E-state index in [1.54, 1.807) is 18.3 Å². The molecule has 1 N–H and O–H groups in total. The molecule has 6 heteroatoms. The smallest absolute Gasteiger partial charge is 0.102 e. The van der Waals surface area contributed by atoms with Crippen LogP contribution in [0.25, 0.3) is 10.4 Å². The first-order valence-corrected chi connectivity index (χ1v) is 4.33. The number of pyridine rings is 1. The van der Waals surface area contributed by atoms with Crippen LogP contribution < -0.4 is 0 Å². The maximum absolute atomic E-state index is 9.40. The van der Waals surface area contributed by atoms with E-state index in [-0.39, 0.29) is 6.54 Å². The molecule has 1 aromatic rings. The van der Waals surface area contributed by atoms with Gasteiger partial charge in [0.05, 0.1) is 12.2 Å². The molecule has 5 nitrogen and oxygen atoms in total. The summed E-state index contributed by atoms with van der Waals surface area (Å²) in [6.45, 7) is 0.00509. The van der Waals surface area contributed by atoms with E-state index >= 15 is 0 Å². The number of hydrogen-bond acceptors (Lipinski definition) is 3. The summed E-state index contributed by atoms with van der Waals surface area (Å²) in [5.41, 5.74) is 8.52. The fourth-order valence-corrected chi connectivity index (χ4v) is 1.03. The first-order valence-electron chi connectivity index (χ1n) is 3.54. The normalized spacial score (nSPS) is 11.8. The van der Waals surface area contributed by atoms with Crippen LogP contribution in [0.3, 0.4) is 0 Å². The lowest BCUT2D eigenvalue weighted by Gasteiger charge is -2.05. The standard InChI is InChI=1S/C7H7BrN4O/c8-5-1-2-6(10-3-5)7(13)4-11-12-9/h1-3,7,13H,4H2/t7-/m1/s1. The number of hydrogen-bond donors (Lipinski definition) is 1. The van der Waals surface area contributed by atoms with Crippen LogP contribution in [0.1, 0.15) is 11.8 Å². The first kappa shape index (κ1) is 9.98. The molecule has 0 aliphatic carbocycles. The van der Waals surface area contributed by atoms with Gasteiger partial charge in [-0.15, -0.1) is 0 Å². The molecule has 13 heavy (non-hydrogen) atoms. The first-order chi connectivity index (χ1) is 6.24. The zero-order valence-corrected chi connectivity index (χ0v) is 8.22. The van der Waals surface area contributed by atoms with Crippen LogP contribution in [-0.4, -0.2) is 16.6 Å². The number of rotatable bonds is 3. The molecule has 1 heterocycles. The third-order valence-corrected chi connectivity index (χ3v) is 1.88. The van der Waals surface area contributed by atoms with Gasteiger partial charge in [-0.05, 0) is 33.6 Å². The summed E-state index contributed by atoms with van der Waals surface area (Å²) in [6.07, 6.45) is 0.748. The van der Waals surface area contributed by atoms with E-state index in [1.165, 1.54) is 0 Å². The van der Waals surface area contributed by atoms with Crippen molar-refractivity contribution in [3.8, 4) is 0 Å². The van der Waals surface area contributed by atoms with Crippen molar-refractivity contribution in [2.24, 2.45) is 5.11 Å². The maximum atomic E-state index is 9.40. The Morgan fingerprint density at radius 3 is 3.00 bits per heavy atom. The number of aliphatic hydroxyl groups excluding tert-OH is 1. The minimum atomic E-state index is -0.830. The fourth-order valence-electron chi connectivity index (χ4n) is 0.792. The molecule has 68 valence electrons. The van der Waals surface area contributed by atoms with Crippen molar-refractivity contribution in [1.82, 2.24) is 4.98 Å². The lowest BCUT2D eigenvalue weighted by molar-refractivity contribution is 0.182. The predicted octanol–water partition coefficient (Wildman–Crippen LogP) is 2.19. The topological polar surface area (TPSA) is 81.9 Å². The quantitative estimate of drug-likeness (QED) is 0.501. The van der Waals surface area contributed by atoms with Crippen molar-refractivity contribution in [2.45, 2.75) is 6.10 Å². The Labute approximate surface area is 83.2 Å². The Morgan fingerprint density at radius 2 is 2.46 bits per heavy atom. The lowest BCUT2D eigenvalue weighted by Crippen LogP contribution is -2.02. The van der Waals surface area contributed by atoms with Gasteiger partial charge >= 0.3 is 0 Å². The van der Waals surface area contributed by atoms with Gasteiger partial charge in [-0.3, -0.25) is 4.98 Å². The van der Waals surface area contributed by atoms with Crippen LogP contribution in [0.5, 0.6) is 0 Å². The summed E-state index contributed by atoms with van der Waals surface area (Å²) in [4.78, 5) is 6.50. The monoisotopic (exact) mass is 242 g/mol. The summed E-state index contributed by atoms with van der Waals surface area (Å²) in [5, 5.41) is 12.6. The third kappa shape index (κ3) is 3.02. The number of aromatic nitrogens is 1. The molecular formula is C7H7BrN4O. The molecular weight excluding hydrogens is 236 g/mol. The SMILES string of the molecule is [N-]=[N+]=NC[C@@H](O)c1ccc(Br)cn1. The number of nitrogens with zero attached hydrogens (tertiary/aromatic N) is 4. The van der Waals surface area contributed by atoms with Crippen LogP contribution >= 0.6 is 15.9 Å². The van der Waals surface area contributed by atoms with Gasteiger partial charge in [-0.2, -0.15) is 0 Å². The van der Waals surface area contributed by atoms with Crippen molar-refractivity contribution in [1.29, 1.82) is 0 Å². The molecule has 1 atom stereocenters. The highest BCUT2D eigenvalue weighted by atomic mass is 79.9. The maximum Gasteiger partial charge on any atom is 0.102 e. The molecule has 1 rings (SSSR count). The van der Waals surface area contributed by atoms with E-state index < -0.39 is 6.10 Å². The molecule has 0 radical (unpaired) electrons. The van der Waals surface area contributed by atoms with Crippen molar-refractivity contribution in [3.63, 3.8) is 0 Å². The Bertz CT molecular complexity index is 320. The zero-order valence-electron chi connectivity index (χ0n) is 6.63. The Hall–Kier alpha value is -1.10. The Balaban J connectivity index is 2.71. The second kappa shape index (κ2) is 4.81. The van der Waals surface area contributed by atoms with Gasteiger partial charge in [0, 0.05) is 15.6 Å². The van der Waals surface area contributed by atoms with Gasteiger partial charge in [-0.1, -0.05) is 5.11 Å². The lowest BCUT2D eigenvalue weighted by atomic mass is 10.2. The summed E-state index contributed by atoms with van der Waals surface area (Å²) < 4.78 is 0.840. The van der Waals surface area contributed by atoms with E-state index in [0.717, 1.165) is 4.47 Å². The van der Waals surface area contributed by atoms with Crippen molar-refractivity contribution in [3.05, 3.63) is 38.9 Å². The van der Waals surface area contributed by atoms with E-state index in [9.17, 15) is 5.11 Å². The Morgan fingerprint density at radius 1 is 1.69 bits per heavy atom. The third-order valence-electron chi connectivity index (χ3n) is 1.41. The fraction of sp³-hybridized carbons (Fsp3) is 0.286. The van der Waals surface area contributed by atoms with E-state index in [2.05, 4.69) is 30.9 Å². The molecule has 0 saturated carbocycles. The Kier molecular flexibility index (Phi) is 3.70. The summed E-state index contributed by atoms with van der Waals surface area (Å²) >= 11 is 3.22. The second-order valence-electron chi connectivity index (χ2n) is 2.33. The van der Waals surface area contributed by atoms with Gasteiger partial charge in [0.2, 0.25) is 0 Å². The van der Waals surface area contributed by atoms with Gasteiger partial charge < -0.3 is 5.11 Å². The highest BCUT2D eigenvalue weighted by Crippen LogP contribution is 2.13. The molecule has 0 fully saturated rings. The van der Waals surface area contributed by atoms with Gasteiger partial charge in [0.25, 0.3) is 0 Å². The minimum Gasteiger partial charge on any atom is -0.387 e. The number of aliphatic hydroxyl groups is 1. The van der Waals surface area contributed by atoms with Crippen LogP contribution in [0, 0.1) is 0 Å². The summed E-state index contributed by atoms with van der Waals surface area (Å²) in [7, 11) is 0. The number of azide groups is 1. The van der Waals surface area contributed by atoms with Gasteiger partial charge in [-0.25, -0.2) is 0 Å². The van der Waals surface area contributed by atoms with Crippen LogP contribution in [-0.2, 0) is 0 Å². The molecule has 0 aliphatic rings. The zero-order chi connectivity index (χ0) is 9.68. The summed E-state index contributed by atoms with van der Waals surface area (Å²) in [5.74, 6) is 0. The van der Waals surface area contributed by atoms with E-state index in [4.69, 9.17) is 5.53 Å². The second-order valence-corrected chi connectivity index (χ2v) is 3.25. The predicted molar refractivity (Wildman–Crippen MR) is 50.9 cm³/mol. The van der Waals surface area contributed by atoms with E-state index in [1.807, 2.05) is 0 Å². The molecule has 0 bridgehead atoms. The highest BCUT2D eigenvalue weighted by molar-refractivity contribution is 9.10. The van der Waals surface area contributed by atoms with Crippen LogP contribution in [0.15, 0.2) is 27.9 Å². The highest BCUT2D eigenvalue weighted by Gasteiger charge is 2.06. The molecule has 0 amide bonds. The molecule has 1 aromatic heterocycles. The van der Waals surface area contributed by atoms with E-state index in [0.29, 0.717) is 5.69 Å². The molecule has 0 saturated heterocycles. The number of halogens is 1. The molecule has 0 unspecified atom stereocenters. The summed E-state index contributed by atoms with van der Waals surface area (Å²) in [6, 6.07) is 3.43. The van der Waals surface area contributed by atoms with Crippen molar-refractivity contribution < 1.29 is 5.11 Å². The van der Waals surface area contributed by atoms with Gasteiger partial charge in [0.15, 0.2) is 0 Å². The van der Waals surface area contributed by atoms with Crippen LogP contribution in [0.4, 0.5) is 0 Å². The molecule has 0 aliphatic heterocycles. The van der Waals surface area contributed by atoms with Crippen molar-refractivity contribution in [2.75, 3.05) is 6.54 Å². The largest absolute Gasteiger partial charge is 0.387 e. The van der Waals surface area contributed by atoms with Gasteiger partial charge in [0.1, 0.15) is 6.10 Å². The molecule has 0 spiro atoms. The van der Waals surface area contributed by atoms with Crippen LogP contribution in [0.2, 0.25) is 0 Å². The average Bonchev–Trinajstić information content (AvgIpc) is 2.15. The molecule has 0 aromatic carbocycles. The van der Waals surface area contributed by atoms with Crippen molar-refractivity contribution >= 4 is 15.9 Å².